The van der Waals surface area contributed by atoms with Gasteiger partial charge in [0.2, 0.25) is 17.5 Å². The third-order valence-corrected chi connectivity index (χ3v) is 5.81. The van der Waals surface area contributed by atoms with Crippen molar-refractivity contribution >= 4 is 11.8 Å². The number of hydrogen-bond donors (Lipinski definition) is 0. The summed E-state index contributed by atoms with van der Waals surface area (Å²) in [6.07, 6.45) is 3.99. The molecule has 0 saturated carbocycles. The van der Waals surface area contributed by atoms with Gasteiger partial charge in [-0.25, -0.2) is 4.98 Å². The molecule has 34 heavy (non-hydrogen) atoms. The number of amides is 1. The van der Waals surface area contributed by atoms with E-state index in [9.17, 15) is 10.1 Å². The van der Waals surface area contributed by atoms with E-state index in [0.29, 0.717) is 62.3 Å². The molecule has 0 atom stereocenters. The molecule has 0 aliphatic carbocycles. The zero-order valence-corrected chi connectivity index (χ0v) is 18.7. The second-order valence-electron chi connectivity index (χ2n) is 8.11. The molecule has 0 spiro atoms. The molecule has 4 aromatic rings. The van der Waals surface area contributed by atoms with Crippen LogP contribution >= 0.6 is 0 Å². The Hall–Kier alpha value is -4.32. The summed E-state index contributed by atoms with van der Waals surface area (Å²) >= 11 is 0. The highest BCUT2D eigenvalue weighted by Crippen LogP contribution is 2.29. The van der Waals surface area contributed by atoms with Crippen molar-refractivity contribution in [2.75, 3.05) is 31.1 Å². The van der Waals surface area contributed by atoms with Gasteiger partial charge in [-0.15, -0.1) is 0 Å². The molecule has 1 fully saturated rings. The molecule has 172 valence electrons. The van der Waals surface area contributed by atoms with E-state index in [4.69, 9.17) is 13.3 Å². The van der Waals surface area contributed by atoms with Crippen molar-refractivity contribution < 1.29 is 18.0 Å². The number of piperazine rings is 1. The topological polar surface area (TPSA) is 113 Å². The standard InChI is InChI=1S/C25H23N5O4/c1-17-4-6-18(7-5-17)21-16-27-22(33-21)8-9-23(31)29-10-12-30(13-11-29)25-19(15-26)28-24(34-25)20-3-2-14-32-20/h2-7,14,16H,8-13H2,1H3. The first-order valence-corrected chi connectivity index (χ1v) is 11.1. The molecule has 1 saturated heterocycles. The van der Waals surface area contributed by atoms with E-state index >= 15 is 0 Å². The SMILES string of the molecule is Cc1ccc(-c2cnc(CCC(=O)N3CCN(c4oc(-c5ccco5)nc4C#N)CC3)o2)cc1. The number of anilines is 1. The molecule has 0 N–H and O–H groups in total. The van der Waals surface area contributed by atoms with Crippen molar-refractivity contribution in [2.24, 2.45) is 0 Å². The Kier molecular flexibility index (Phi) is 5.87. The van der Waals surface area contributed by atoms with Crippen LogP contribution in [0.1, 0.15) is 23.6 Å². The Bertz CT molecular complexity index is 1310. The number of rotatable bonds is 6. The van der Waals surface area contributed by atoms with E-state index in [0.717, 1.165) is 5.56 Å². The van der Waals surface area contributed by atoms with Crippen LogP contribution in [-0.4, -0.2) is 47.0 Å². The van der Waals surface area contributed by atoms with Crippen molar-refractivity contribution in [1.29, 1.82) is 5.26 Å². The Morgan fingerprint density at radius 3 is 2.59 bits per heavy atom. The van der Waals surface area contributed by atoms with E-state index in [1.165, 1.54) is 11.8 Å². The number of aromatic nitrogens is 2. The molecule has 0 unspecified atom stereocenters. The Morgan fingerprint density at radius 1 is 1.09 bits per heavy atom. The highest BCUT2D eigenvalue weighted by molar-refractivity contribution is 5.76. The van der Waals surface area contributed by atoms with Crippen LogP contribution in [0.4, 0.5) is 5.88 Å². The first-order valence-electron chi connectivity index (χ1n) is 11.1. The average Bonchev–Trinajstić information content (AvgIpc) is 3.63. The second-order valence-corrected chi connectivity index (χ2v) is 8.11. The zero-order valence-electron chi connectivity index (χ0n) is 18.7. The smallest absolute Gasteiger partial charge is 0.266 e. The zero-order chi connectivity index (χ0) is 23.5. The van der Waals surface area contributed by atoms with E-state index in [1.54, 1.807) is 18.3 Å². The Labute approximate surface area is 196 Å². The molecule has 3 aromatic heterocycles. The monoisotopic (exact) mass is 457 g/mol. The van der Waals surface area contributed by atoms with Crippen molar-refractivity contribution in [2.45, 2.75) is 19.8 Å². The molecular weight excluding hydrogens is 434 g/mol. The Balaban J connectivity index is 1.16. The average molecular weight is 457 g/mol. The van der Waals surface area contributed by atoms with Gasteiger partial charge in [0, 0.05) is 44.6 Å². The Morgan fingerprint density at radius 2 is 1.88 bits per heavy atom. The maximum Gasteiger partial charge on any atom is 0.266 e. The van der Waals surface area contributed by atoms with Crippen molar-refractivity contribution in [1.82, 2.24) is 14.9 Å². The molecule has 5 rings (SSSR count). The van der Waals surface area contributed by atoms with E-state index in [-0.39, 0.29) is 17.5 Å². The van der Waals surface area contributed by atoms with Gasteiger partial charge in [-0.1, -0.05) is 29.8 Å². The highest BCUT2D eigenvalue weighted by atomic mass is 16.4. The number of oxazole rings is 2. The maximum atomic E-state index is 12.7. The van der Waals surface area contributed by atoms with Crippen LogP contribution in [0.2, 0.25) is 0 Å². The summed E-state index contributed by atoms with van der Waals surface area (Å²) in [5.41, 5.74) is 2.35. The van der Waals surface area contributed by atoms with E-state index in [1.807, 2.05) is 41.0 Å². The third-order valence-electron chi connectivity index (χ3n) is 5.81. The molecule has 0 radical (unpaired) electrons. The van der Waals surface area contributed by atoms with Crippen LogP contribution in [0.3, 0.4) is 0 Å². The van der Waals surface area contributed by atoms with Gasteiger partial charge in [0.05, 0.1) is 12.5 Å². The summed E-state index contributed by atoms with van der Waals surface area (Å²) < 4.78 is 17.0. The van der Waals surface area contributed by atoms with Gasteiger partial charge in [-0.3, -0.25) is 4.79 Å². The molecule has 4 heterocycles. The first-order chi connectivity index (χ1) is 16.6. The number of carbonyl (C=O) groups is 1. The molecule has 9 heteroatoms. The summed E-state index contributed by atoms with van der Waals surface area (Å²) in [4.78, 5) is 25.1. The van der Waals surface area contributed by atoms with Gasteiger partial charge in [-0.05, 0) is 19.1 Å². The lowest BCUT2D eigenvalue weighted by Crippen LogP contribution is -2.49. The van der Waals surface area contributed by atoms with Crippen LogP contribution in [0, 0.1) is 18.3 Å². The van der Waals surface area contributed by atoms with Gasteiger partial charge in [0.15, 0.2) is 17.4 Å². The first kappa shape index (κ1) is 21.5. The molecule has 1 aromatic carbocycles. The van der Waals surface area contributed by atoms with Crippen LogP contribution < -0.4 is 4.90 Å². The van der Waals surface area contributed by atoms with Gasteiger partial charge in [0.1, 0.15) is 6.07 Å². The number of hydrogen-bond acceptors (Lipinski definition) is 8. The fraction of sp³-hybridized carbons (Fsp3) is 0.280. The summed E-state index contributed by atoms with van der Waals surface area (Å²) in [6.45, 7) is 4.18. The lowest BCUT2D eigenvalue weighted by Gasteiger charge is -2.34. The van der Waals surface area contributed by atoms with Gasteiger partial charge in [0.25, 0.3) is 5.89 Å². The molecule has 1 aliphatic rings. The lowest BCUT2D eigenvalue weighted by atomic mass is 10.1. The van der Waals surface area contributed by atoms with Crippen molar-refractivity contribution in [3.8, 4) is 29.0 Å². The molecule has 9 nitrogen and oxygen atoms in total. The lowest BCUT2D eigenvalue weighted by molar-refractivity contribution is -0.131. The molecule has 1 amide bonds. The number of aryl methyl sites for hydroxylation is 2. The van der Waals surface area contributed by atoms with Gasteiger partial charge < -0.3 is 23.1 Å². The fourth-order valence-electron chi connectivity index (χ4n) is 3.91. The minimum absolute atomic E-state index is 0.0455. The predicted octanol–water partition coefficient (Wildman–Crippen LogP) is 4.05. The number of nitrogens with zero attached hydrogens (tertiary/aromatic N) is 5. The summed E-state index contributed by atoms with van der Waals surface area (Å²) in [5.74, 6) is 2.44. The van der Waals surface area contributed by atoms with Crippen LogP contribution in [-0.2, 0) is 11.2 Å². The van der Waals surface area contributed by atoms with E-state index < -0.39 is 0 Å². The normalized spacial score (nSPS) is 13.8. The third kappa shape index (κ3) is 4.43. The molecular formula is C25H23N5O4. The quantitative estimate of drug-likeness (QED) is 0.426. The number of nitriles is 1. The van der Waals surface area contributed by atoms with E-state index in [2.05, 4.69) is 16.0 Å². The van der Waals surface area contributed by atoms with Gasteiger partial charge in [-0.2, -0.15) is 10.2 Å². The summed E-state index contributed by atoms with van der Waals surface area (Å²) in [5, 5.41) is 9.46. The van der Waals surface area contributed by atoms with Crippen LogP contribution in [0.5, 0.6) is 0 Å². The molecule has 0 bridgehead atoms. The minimum Gasteiger partial charge on any atom is -0.459 e. The second kappa shape index (κ2) is 9.27. The van der Waals surface area contributed by atoms with Crippen molar-refractivity contribution in [3.05, 3.63) is 66.0 Å². The maximum absolute atomic E-state index is 12.7. The van der Waals surface area contributed by atoms with Crippen LogP contribution in [0.15, 0.2) is 62.1 Å². The number of carbonyl (C=O) groups excluding carboxylic acids is 1. The molecule has 1 aliphatic heterocycles. The number of benzene rings is 1. The number of furan rings is 1. The van der Waals surface area contributed by atoms with Crippen LogP contribution in [0.25, 0.3) is 23.0 Å². The van der Waals surface area contributed by atoms with Crippen molar-refractivity contribution in [3.63, 3.8) is 0 Å². The largest absolute Gasteiger partial charge is 0.459 e. The van der Waals surface area contributed by atoms with Gasteiger partial charge >= 0.3 is 0 Å². The summed E-state index contributed by atoms with van der Waals surface area (Å²) in [7, 11) is 0. The minimum atomic E-state index is 0.0455. The predicted molar refractivity (Wildman–Crippen MR) is 123 cm³/mol. The highest BCUT2D eigenvalue weighted by Gasteiger charge is 2.27. The summed E-state index contributed by atoms with van der Waals surface area (Å²) in [6, 6.07) is 13.6. The fourth-order valence-corrected chi connectivity index (χ4v) is 3.91.